The molecule has 0 aliphatic heterocycles. The third-order valence-electron chi connectivity index (χ3n) is 5.72. The lowest BCUT2D eigenvalue weighted by molar-refractivity contribution is 0.104. The summed E-state index contributed by atoms with van der Waals surface area (Å²) in [7, 11) is 0. The Labute approximate surface area is 168 Å². The normalized spacial score (nSPS) is 12.4. The van der Waals surface area contributed by atoms with E-state index < -0.39 is 0 Å². The predicted octanol–water partition coefficient (Wildman–Crippen LogP) is 6.12. The predicted molar refractivity (Wildman–Crippen MR) is 115 cm³/mol. The number of hydrogen-bond donors (Lipinski definition) is 2. The first-order valence-electron chi connectivity index (χ1n) is 10.8. The van der Waals surface area contributed by atoms with Gasteiger partial charge in [0.25, 0.3) is 0 Å². The lowest BCUT2D eigenvalue weighted by atomic mass is 9.91. The van der Waals surface area contributed by atoms with Crippen LogP contribution in [0.3, 0.4) is 0 Å². The van der Waals surface area contributed by atoms with Gasteiger partial charge in [-0.05, 0) is 54.0 Å². The molecule has 0 heterocycles. The summed E-state index contributed by atoms with van der Waals surface area (Å²) in [4.78, 5) is 13.5. The number of ketones is 1. The second kappa shape index (κ2) is 8.38. The molecule has 3 nitrogen and oxygen atoms in total. The number of carbonyl (C=O) groups is 1. The molecule has 1 aliphatic carbocycles. The Morgan fingerprint density at radius 3 is 1.75 bits per heavy atom. The quantitative estimate of drug-likeness (QED) is 0.495. The third kappa shape index (κ3) is 3.21. The fourth-order valence-electron chi connectivity index (χ4n) is 4.56. The molecule has 0 spiro atoms. The summed E-state index contributed by atoms with van der Waals surface area (Å²) < 4.78 is 0. The molecular weight excluding hydrogens is 348 g/mol. The highest BCUT2D eigenvalue weighted by atomic mass is 16.3. The SMILES string of the molecule is CCCc1cc2c(c(CCC)c1O)C(=O)c1c(CCC)cc(CCC)c(O)c1-2. The van der Waals surface area contributed by atoms with Gasteiger partial charge in [0, 0.05) is 22.3 Å². The first kappa shape index (κ1) is 20.4. The van der Waals surface area contributed by atoms with Crippen molar-refractivity contribution in [2.45, 2.75) is 79.1 Å². The van der Waals surface area contributed by atoms with E-state index in [0.29, 0.717) is 23.1 Å². The van der Waals surface area contributed by atoms with E-state index in [1.54, 1.807) is 0 Å². The second-order valence-corrected chi connectivity index (χ2v) is 7.91. The van der Waals surface area contributed by atoms with Crippen molar-refractivity contribution in [2.24, 2.45) is 0 Å². The van der Waals surface area contributed by atoms with Crippen molar-refractivity contribution < 1.29 is 15.0 Å². The standard InChI is InChI=1S/C25H32O3/c1-5-9-15-13-16(10-6-2)24(27)22-19-14-17(11-7-3)23(26)18(12-8-4)21(19)25(28)20(15)22/h13-14,26-27H,5-12H2,1-4H3. The van der Waals surface area contributed by atoms with E-state index in [0.717, 1.165) is 72.8 Å². The van der Waals surface area contributed by atoms with Crippen LogP contribution in [0.5, 0.6) is 11.5 Å². The molecule has 150 valence electrons. The summed E-state index contributed by atoms with van der Waals surface area (Å²) in [5.74, 6) is 0.488. The lowest BCUT2D eigenvalue weighted by Crippen LogP contribution is -2.06. The molecule has 0 radical (unpaired) electrons. The Kier molecular flexibility index (Phi) is 6.12. The minimum Gasteiger partial charge on any atom is -0.507 e. The van der Waals surface area contributed by atoms with E-state index in [9.17, 15) is 15.0 Å². The molecule has 0 unspecified atom stereocenters. The first-order chi connectivity index (χ1) is 13.5. The number of benzene rings is 2. The fourth-order valence-corrected chi connectivity index (χ4v) is 4.56. The van der Waals surface area contributed by atoms with Gasteiger partial charge in [0.2, 0.25) is 0 Å². The van der Waals surface area contributed by atoms with E-state index in [2.05, 4.69) is 27.7 Å². The van der Waals surface area contributed by atoms with Gasteiger partial charge in [-0.3, -0.25) is 4.79 Å². The molecule has 0 saturated heterocycles. The van der Waals surface area contributed by atoms with Crippen molar-refractivity contribution in [2.75, 3.05) is 0 Å². The molecule has 0 aromatic heterocycles. The second-order valence-electron chi connectivity index (χ2n) is 7.91. The Balaban J connectivity index is 2.37. The highest BCUT2D eigenvalue weighted by molar-refractivity contribution is 6.24. The molecule has 2 N–H and O–H groups in total. The first-order valence-corrected chi connectivity index (χ1v) is 10.8. The molecular formula is C25H32O3. The van der Waals surface area contributed by atoms with Crippen LogP contribution in [0.1, 0.15) is 91.6 Å². The number of rotatable bonds is 8. The van der Waals surface area contributed by atoms with Crippen molar-refractivity contribution in [1.29, 1.82) is 0 Å². The van der Waals surface area contributed by atoms with E-state index >= 15 is 0 Å². The molecule has 3 rings (SSSR count). The van der Waals surface area contributed by atoms with Crippen molar-refractivity contribution in [1.82, 2.24) is 0 Å². The zero-order valence-electron chi connectivity index (χ0n) is 17.6. The molecule has 0 bridgehead atoms. The molecule has 2 aromatic carbocycles. The Morgan fingerprint density at radius 2 is 1.18 bits per heavy atom. The van der Waals surface area contributed by atoms with Crippen LogP contribution in [-0.4, -0.2) is 16.0 Å². The highest BCUT2D eigenvalue weighted by Gasteiger charge is 2.36. The van der Waals surface area contributed by atoms with Crippen LogP contribution in [0.15, 0.2) is 12.1 Å². The van der Waals surface area contributed by atoms with E-state index in [1.165, 1.54) is 0 Å². The van der Waals surface area contributed by atoms with E-state index in [4.69, 9.17) is 0 Å². The number of phenols is 2. The van der Waals surface area contributed by atoms with Crippen LogP contribution in [-0.2, 0) is 25.7 Å². The summed E-state index contributed by atoms with van der Waals surface area (Å²) in [5.41, 5.74) is 6.36. The average Bonchev–Trinajstić information content (AvgIpc) is 2.96. The molecule has 0 atom stereocenters. The minimum atomic E-state index is -0.0337. The van der Waals surface area contributed by atoms with Gasteiger partial charge < -0.3 is 10.2 Å². The number of aryl methyl sites for hydroxylation is 3. The van der Waals surface area contributed by atoms with Gasteiger partial charge in [0.1, 0.15) is 11.5 Å². The van der Waals surface area contributed by atoms with E-state index in [1.807, 2.05) is 12.1 Å². The maximum Gasteiger partial charge on any atom is 0.195 e. The lowest BCUT2D eigenvalue weighted by Gasteiger charge is -2.15. The molecule has 3 heteroatoms. The van der Waals surface area contributed by atoms with Crippen LogP contribution in [0.2, 0.25) is 0 Å². The Hall–Kier alpha value is -2.29. The summed E-state index contributed by atoms with van der Waals surface area (Å²) in [6, 6.07) is 3.97. The molecule has 2 aromatic rings. The van der Waals surface area contributed by atoms with Gasteiger partial charge in [-0.1, -0.05) is 59.4 Å². The van der Waals surface area contributed by atoms with Crippen molar-refractivity contribution in [3.05, 3.63) is 45.5 Å². The Morgan fingerprint density at radius 1 is 0.643 bits per heavy atom. The molecule has 28 heavy (non-hydrogen) atoms. The van der Waals surface area contributed by atoms with Crippen LogP contribution in [0.4, 0.5) is 0 Å². The maximum atomic E-state index is 13.5. The van der Waals surface area contributed by atoms with Crippen LogP contribution in [0, 0.1) is 0 Å². The number of carbonyl (C=O) groups excluding carboxylic acids is 1. The number of fused-ring (bicyclic) bond motifs is 3. The fraction of sp³-hybridized carbons (Fsp3) is 0.480. The van der Waals surface area contributed by atoms with Crippen molar-refractivity contribution >= 4 is 5.78 Å². The zero-order chi connectivity index (χ0) is 20.4. The van der Waals surface area contributed by atoms with Gasteiger partial charge in [-0.15, -0.1) is 0 Å². The maximum absolute atomic E-state index is 13.5. The van der Waals surface area contributed by atoms with Gasteiger partial charge in [0.05, 0.1) is 0 Å². The van der Waals surface area contributed by atoms with Crippen LogP contribution < -0.4 is 0 Å². The highest BCUT2D eigenvalue weighted by Crippen LogP contribution is 2.49. The summed E-state index contributed by atoms with van der Waals surface area (Å²) in [6.45, 7) is 8.35. The summed E-state index contributed by atoms with van der Waals surface area (Å²) in [6.07, 6.45) is 6.69. The smallest absolute Gasteiger partial charge is 0.195 e. The average molecular weight is 381 g/mol. The topological polar surface area (TPSA) is 57.5 Å². The van der Waals surface area contributed by atoms with Gasteiger partial charge >= 0.3 is 0 Å². The van der Waals surface area contributed by atoms with Crippen LogP contribution in [0.25, 0.3) is 11.1 Å². The molecule has 1 aliphatic rings. The van der Waals surface area contributed by atoms with Crippen molar-refractivity contribution in [3.63, 3.8) is 0 Å². The van der Waals surface area contributed by atoms with Crippen molar-refractivity contribution in [3.8, 4) is 22.6 Å². The number of hydrogen-bond acceptors (Lipinski definition) is 3. The molecule has 0 amide bonds. The third-order valence-corrected chi connectivity index (χ3v) is 5.72. The Bertz CT molecular complexity index is 909. The summed E-state index contributed by atoms with van der Waals surface area (Å²) >= 11 is 0. The van der Waals surface area contributed by atoms with Gasteiger partial charge in [0.15, 0.2) is 5.78 Å². The summed E-state index contributed by atoms with van der Waals surface area (Å²) in [5, 5.41) is 22.0. The largest absolute Gasteiger partial charge is 0.507 e. The zero-order valence-corrected chi connectivity index (χ0v) is 17.6. The van der Waals surface area contributed by atoms with Gasteiger partial charge in [-0.25, -0.2) is 0 Å². The minimum absolute atomic E-state index is 0.0337. The molecule has 0 saturated carbocycles. The number of aromatic hydroxyl groups is 2. The van der Waals surface area contributed by atoms with Crippen LogP contribution >= 0.6 is 0 Å². The number of phenolic OH excluding ortho intramolecular Hbond substituents is 2. The monoisotopic (exact) mass is 380 g/mol. The molecule has 0 fully saturated rings. The van der Waals surface area contributed by atoms with Gasteiger partial charge in [-0.2, -0.15) is 0 Å². The van der Waals surface area contributed by atoms with E-state index in [-0.39, 0.29) is 17.3 Å².